The van der Waals surface area contributed by atoms with E-state index in [4.69, 9.17) is 11.6 Å². The number of hydrogen-bond donors (Lipinski definition) is 0. The summed E-state index contributed by atoms with van der Waals surface area (Å²) in [4.78, 5) is 25.3. The Balaban J connectivity index is 1.73. The Labute approximate surface area is 162 Å². The third-order valence-electron chi connectivity index (χ3n) is 4.91. The van der Waals surface area contributed by atoms with Crippen molar-refractivity contribution >= 4 is 29.2 Å². The largest absolute Gasteiger partial charge is 0.288 e. The highest BCUT2D eigenvalue weighted by atomic mass is 35.5. The summed E-state index contributed by atoms with van der Waals surface area (Å²) in [5.74, 6) is -0.457. The molecule has 4 nitrogen and oxygen atoms in total. The van der Waals surface area contributed by atoms with Crippen LogP contribution in [0.1, 0.15) is 43.2 Å². The first-order chi connectivity index (χ1) is 13.0. The van der Waals surface area contributed by atoms with Crippen LogP contribution in [0.5, 0.6) is 0 Å². The molecule has 1 aromatic heterocycles. The molecule has 134 valence electrons. The minimum atomic E-state index is -0.228. The molecule has 1 aliphatic rings. The fraction of sp³-hybridized carbons (Fsp3) is 0.136. The summed E-state index contributed by atoms with van der Waals surface area (Å²) in [6.07, 6.45) is 1.67. The molecule has 5 heteroatoms. The van der Waals surface area contributed by atoms with Crippen LogP contribution in [0.25, 0.3) is 6.08 Å². The zero-order valence-electron chi connectivity index (χ0n) is 15.0. The maximum Gasteiger partial charge on any atom is 0.197 e. The Kier molecular flexibility index (Phi) is 4.28. The van der Waals surface area contributed by atoms with Gasteiger partial charge in [0.15, 0.2) is 11.6 Å². The number of Topliss-reactive ketones (excluding diaryl/α,β-unsaturated/α-hetero) is 2. The molecule has 4 rings (SSSR count). The van der Waals surface area contributed by atoms with E-state index in [1.54, 1.807) is 30.3 Å². The van der Waals surface area contributed by atoms with Crippen molar-refractivity contribution in [2.75, 3.05) is 0 Å². The van der Waals surface area contributed by atoms with Crippen LogP contribution in [0.15, 0.2) is 54.1 Å². The lowest BCUT2D eigenvalue weighted by Gasteiger charge is -2.06. The lowest BCUT2D eigenvalue weighted by Crippen LogP contribution is -2.05. The second-order valence-electron chi connectivity index (χ2n) is 6.60. The molecule has 0 aliphatic heterocycles. The van der Waals surface area contributed by atoms with Gasteiger partial charge in [0.05, 0.1) is 17.8 Å². The van der Waals surface area contributed by atoms with E-state index < -0.39 is 0 Å². The summed E-state index contributed by atoms with van der Waals surface area (Å²) in [6, 6.07) is 14.5. The van der Waals surface area contributed by atoms with E-state index in [0.29, 0.717) is 22.7 Å². The molecule has 0 bridgehead atoms. The van der Waals surface area contributed by atoms with Crippen LogP contribution in [-0.2, 0) is 6.54 Å². The normalized spacial score (nSPS) is 13.2. The minimum absolute atomic E-state index is 0.194. The predicted molar refractivity (Wildman–Crippen MR) is 105 cm³/mol. The summed E-state index contributed by atoms with van der Waals surface area (Å²) < 4.78 is 1.85. The summed E-state index contributed by atoms with van der Waals surface area (Å²) >= 11 is 6.26. The molecule has 2 aromatic carbocycles. The highest BCUT2D eigenvalue weighted by Gasteiger charge is 2.33. The SMILES string of the molecule is Cc1nn(Cc2ccccc2Cl)c(C)c1C=C1C(=O)c2ccccc2C1=O. The van der Waals surface area contributed by atoms with Gasteiger partial charge in [0, 0.05) is 27.4 Å². The number of fused-ring (bicyclic) bond motifs is 1. The van der Waals surface area contributed by atoms with E-state index in [2.05, 4.69) is 5.10 Å². The van der Waals surface area contributed by atoms with E-state index in [1.165, 1.54) is 0 Å². The zero-order valence-corrected chi connectivity index (χ0v) is 15.7. The first-order valence-electron chi connectivity index (χ1n) is 8.65. The lowest BCUT2D eigenvalue weighted by molar-refractivity contribution is 0.0990. The molecule has 1 heterocycles. The average molecular weight is 377 g/mol. The Morgan fingerprint density at radius 1 is 0.963 bits per heavy atom. The topological polar surface area (TPSA) is 52.0 Å². The third-order valence-corrected chi connectivity index (χ3v) is 5.28. The molecular formula is C22H17ClN2O2. The maximum absolute atomic E-state index is 12.6. The predicted octanol–water partition coefficient (Wildman–Crippen LogP) is 4.66. The number of carbonyl (C=O) groups excluding carboxylic acids is 2. The number of allylic oxidation sites excluding steroid dienone is 1. The molecule has 0 spiro atoms. The monoisotopic (exact) mass is 376 g/mol. The molecule has 0 saturated carbocycles. The van der Waals surface area contributed by atoms with Crippen molar-refractivity contribution < 1.29 is 9.59 Å². The smallest absolute Gasteiger partial charge is 0.197 e. The highest BCUT2D eigenvalue weighted by Crippen LogP contribution is 2.29. The van der Waals surface area contributed by atoms with Crippen LogP contribution in [0.4, 0.5) is 0 Å². The number of carbonyl (C=O) groups is 2. The van der Waals surface area contributed by atoms with Crippen LogP contribution in [0.3, 0.4) is 0 Å². The van der Waals surface area contributed by atoms with Crippen LogP contribution in [-0.4, -0.2) is 21.3 Å². The molecule has 0 saturated heterocycles. The zero-order chi connectivity index (χ0) is 19.1. The van der Waals surface area contributed by atoms with E-state index in [0.717, 1.165) is 22.5 Å². The molecule has 0 N–H and O–H groups in total. The van der Waals surface area contributed by atoms with Crippen LogP contribution < -0.4 is 0 Å². The van der Waals surface area contributed by atoms with Crippen LogP contribution in [0, 0.1) is 13.8 Å². The van der Waals surface area contributed by atoms with Crippen molar-refractivity contribution in [2.24, 2.45) is 0 Å². The van der Waals surface area contributed by atoms with Crippen molar-refractivity contribution in [1.29, 1.82) is 0 Å². The number of ketones is 2. The van der Waals surface area contributed by atoms with Crippen molar-refractivity contribution in [2.45, 2.75) is 20.4 Å². The Morgan fingerprint density at radius 2 is 1.56 bits per heavy atom. The Bertz CT molecular complexity index is 1090. The van der Waals surface area contributed by atoms with Crippen LogP contribution in [0.2, 0.25) is 5.02 Å². The first kappa shape index (κ1) is 17.4. The molecule has 0 amide bonds. The quantitative estimate of drug-likeness (QED) is 0.493. The fourth-order valence-corrected chi connectivity index (χ4v) is 3.60. The van der Waals surface area contributed by atoms with Gasteiger partial charge in [0.2, 0.25) is 0 Å². The van der Waals surface area contributed by atoms with E-state index >= 15 is 0 Å². The standard InChI is InChI=1S/C22H17ClN2O2/c1-13-18(11-19-21(26)16-8-4-5-9-17(16)22(19)27)14(2)25(24-13)12-15-7-3-6-10-20(15)23/h3-11H,12H2,1-2H3. The van der Waals surface area contributed by atoms with Crippen LogP contribution >= 0.6 is 11.6 Å². The molecular weight excluding hydrogens is 360 g/mol. The Morgan fingerprint density at radius 3 is 2.19 bits per heavy atom. The van der Waals surface area contributed by atoms with Gasteiger partial charge in [-0.3, -0.25) is 14.3 Å². The minimum Gasteiger partial charge on any atom is -0.288 e. The number of aryl methyl sites for hydroxylation is 1. The summed E-state index contributed by atoms with van der Waals surface area (Å²) in [7, 11) is 0. The lowest BCUT2D eigenvalue weighted by atomic mass is 10.1. The van der Waals surface area contributed by atoms with E-state index in [1.807, 2.05) is 42.8 Å². The molecule has 3 aromatic rings. The van der Waals surface area contributed by atoms with Gasteiger partial charge in [0.1, 0.15) is 0 Å². The number of rotatable bonds is 3. The van der Waals surface area contributed by atoms with Crippen molar-refractivity contribution in [1.82, 2.24) is 9.78 Å². The fourth-order valence-electron chi connectivity index (χ4n) is 3.41. The van der Waals surface area contributed by atoms with Gasteiger partial charge in [-0.15, -0.1) is 0 Å². The molecule has 1 aliphatic carbocycles. The summed E-state index contributed by atoms with van der Waals surface area (Å²) in [5, 5.41) is 5.26. The first-order valence-corrected chi connectivity index (χ1v) is 9.02. The van der Waals surface area contributed by atoms with Gasteiger partial charge in [-0.25, -0.2) is 0 Å². The van der Waals surface area contributed by atoms with E-state index in [-0.39, 0.29) is 17.1 Å². The second kappa shape index (κ2) is 6.63. The van der Waals surface area contributed by atoms with Gasteiger partial charge < -0.3 is 0 Å². The van der Waals surface area contributed by atoms with Gasteiger partial charge in [-0.05, 0) is 31.6 Å². The van der Waals surface area contributed by atoms with Crippen molar-refractivity contribution in [3.05, 3.63) is 92.8 Å². The van der Waals surface area contributed by atoms with Gasteiger partial charge >= 0.3 is 0 Å². The van der Waals surface area contributed by atoms with Gasteiger partial charge in [-0.1, -0.05) is 54.1 Å². The van der Waals surface area contributed by atoms with Crippen molar-refractivity contribution in [3.8, 4) is 0 Å². The highest BCUT2D eigenvalue weighted by molar-refractivity contribution is 6.41. The molecule has 0 atom stereocenters. The maximum atomic E-state index is 12.6. The number of aromatic nitrogens is 2. The number of hydrogen-bond acceptors (Lipinski definition) is 3. The molecule has 0 unspecified atom stereocenters. The summed E-state index contributed by atoms with van der Waals surface area (Å²) in [5.41, 5.74) is 4.54. The van der Waals surface area contributed by atoms with Gasteiger partial charge in [0.25, 0.3) is 0 Å². The molecule has 27 heavy (non-hydrogen) atoms. The summed E-state index contributed by atoms with van der Waals surface area (Å²) in [6.45, 7) is 4.33. The van der Waals surface area contributed by atoms with Gasteiger partial charge in [-0.2, -0.15) is 5.10 Å². The third kappa shape index (κ3) is 2.92. The van der Waals surface area contributed by atoms with E-state index in [9.17, 15) is 9.59 Å². The second-order valence-corrected chi connectivity index (χ2v) is 7.00. The Hall–Kier alpha value is -2.98. The van der Waals surface area contributed by atoms with Crippen molar-refractivity contribution in [3.63, 3.8) is 0 Å². The average Bonchev–Trinajstić information content (AvgIpc) is 3.06. The molecule has 0 radical (unpaired) electrons. The number of halogens is 1. The number of nitrogens with zero attached hydrogens (tertiary/aromatic N) is 2. The number of benzene rings is 2. The molecule has 0 fully saturated rings.